The second-order valence-electron chi connectivity index (χ2n) is 5.45. The molecule has 1 aromatic heterocycles. The van der Waals surface area contributed by atoms with Gasteiger partial charge in [-0.25, -0.2) is 18.2 Å². The van der Waals surface area contributed by atoms with Gasteiger partial charge in [0.2, 0.25) is 5.95 Å². The Morgan fingerprint density at radius 2 is 1.96 bits per heavy atom. The maximum atomic E-state index is 12.8. The predicted octanol–water partition coefficient (Wildman–Crippen LogP) is 2.11. The van der Waals surface area contributed by atoms with Crippen LogP contribution in [0.5, 0.6) is 0 Å². The Balaban J connectivity index is 2.33. The molecule has 2 aromatic rings. The van der Waals surface area contributed by atoms with E-state index in [1.54, 1.807) is 26.5 Å². The first kappa shape index (κ1) is 19.4. The van der Waals surface area contributed by atoms with Gasteiger partial charge < -0.3 is 18.9 Å². The van der Waals surface area contributed by atoms with Crippen LogP contribution in [-0.4, -0.2) is 56.7 Å². The number of nitrogens with zero attached hydrogens (tertiary/aromatic N) is 1. The fraction of sp³-hybridized carbons (Fsp3) is 0.429. The zero-order valence-electron chi connectivity index (χ0n) is 14.2. The first-order valence-electron chi connectivity index (χ1n) is 7.69. The zero-order valence-corrected chi connectivity index (χ0v) is 16.0. The van der Waals surface area contributed by atoms with Crippen LogP contribution in [0.3, 0.4) is 0 Å². The predicted molar refractivity (Wildman–Crippen MR) is 94.7 cm³/mol. The van der Waals surface area contributed by atoms with Crippen LogP contribution in [0.25, 0.3) is 11.0 Å². The van der Waals surface area contributed by atoms with Crippen LogP contribution >= 0.6 is 0 Å². The molecule has 138 valence electrons. The Morgan fingerprint density at radius 1 is 1.32 bits per heavy atom. The number of carboxylic acid groups (broad SMARTS) is 1. The van der Waals surface area contributed by atoms with E-state index < -0.39 is 24.5 Å². The number of benzene rings is 1. The highest BCUT2D eigenvalue weighted by Gasteiger charge is 2.38. The van der Waals surface area contributed by atoms with Gasteiger partial charge in [-0.05, 0) is 38.6 Å². The summed E-state index contributed by atoms with van der Waals surface area (Å²) in [5.74, 6) is 0.0277. The lowest BCUT2D eigenvalue weighted by atomic mass is 10.3. The number of anilines is 1. The third kappa shape index (κ3) is 4.78. The standard InChI is InChI=1S/C14H21N3O6SSi/c1-4-22-25(3,23-5-2)9-24(20,21)10-6-7-11-12(8-10)16-13(15-11)17-14(18)19/h6-8H,4-5,9H2,1-3H3,(H,18,19)(H2,15,16,17). The molecule has 0 aliphatic carbocycles. The maximum Gasteiger partial charge on any atom is 0.411 e. The molecule has 1 amide bonds. The van der Waals surface area contributed by atoms with E-state index in [-0.39, 0.29) is 16.2 Å². The SMILES string of the molecule is CCO[Si](C)(CS(=O)(=O)c1ccc2[nH]c(NC(=O)O)nc2c1)OCC. The van der Waals surface area contributed by atoms with E-state index in [0.717, 1.165) is 0 Å². The van der Waals surface area contributed by atoms with Gasteiger partial charge in [0.25, 0.3) is 0 Å². The van der Waals surface area contributed by atoms with Crippen molar-refractivity contribution in [3.8, 4) is 0 Å². The number of hydrogen-bond acceptors (Lipinski definition) is 6. The number of amides is 1. The van der Waals surface area contributed by atoms with Crippen molar-refractivity contribution in [1.82, 2.24) is 9.97 Å². The second-order valence-corrected chi connectivity index (χ2v) is 11.2. The van der Waals surface area contributed by atoms with Crippen molar-refractivity contribution in [2.24, 2.45) is 0 Å². The molecule has 0 radical (unpaired) electrons. The molecule has 0 aliphatic rings. The average molecular weight is 387 g/mol. The van der Waals surface area contributed by atoms with Gasteiger partial charge in [0.05, 0.1) is 21.3 Å². The molecule has 11 heteroatoms. The molecule has 0 unspecified atom stereocenters. The van der Waals surface area contributed by atoms with E-state index in [2.05, 4.69) is 15.3 Å². The second kappa shape index (κ2) is 7.52. The molecule has 9 nitrogen and oxygen atoms in total. The lowest BCUT2D eigenvalue weighted by Gasteiger charge is -2.25. The minimum atomic E-state index is -3.65. The van der Waals surface area contributed by atoms with Crippen molar-refractivity contribution in [1.29, 1.82) is 0 Å². The van der Waals surface area contributed by atoms with E-state index in [4.69, 9.17) is 14.0 Å². The summed E-state index contributed by atoms with van der Waals surface area (Å²) in [7, 11) is -6.50. The summed E-state index contributed by atoms with van der Waals surface area (Å²) in [6.45, 7) is 6.06. The summed E-state index contributed by atoms with van der Waals surface area (Å²) < 4.78 is 36.7. The lowest BCUT2D eigenvalue weighted by Crippen LogP contribution is -2.46. The van der Waals surface area contributed by atoms with E-state index in [1.165, 1.54) is 12.1 Å². The normalized spacial score (nSPS) is 12.4. The Bertz CT molecular complexity index is 861. The number of H-pyrrole nitrogens is 1. The molecule has 1 aromatic carbocycles. The van der Waals surface area contributed by atoms with Crippen molar-refractivity contribution >= 4 is 41.5 Å². The van der Waals surface area contributed by atoms with Gasteiger partial charge in [-0.1, -0.05) is 0 Å². The molecule has 25 heavy (non-hydrogen) atoms. The Morgan fingerprint density at radius 3 is 2.52 bits per heavy atom. The minimum Gasteiger partial charge on any atom is -0.465 e. The van der Waals surface area contributed by atoms with E-state index >= 15 is 0 Å². The van der Waals surface area contributed by atoms with Gasteiger partial charge in [-0.2, -0.15) is 0 Å². The number of fused-ring (bicyclic) bond motifs is 1. The molecule has 0 aliphatic heterocycles. The third-order valence-corrected chi connectivity index (χ3v) is 9.78. The van der Waals surface area contributed by atoms with E-state index in [0.29, 0.717) is 24.2 Å². The monoisotopic (exact) mass is 387 g/mol. The van der Waals surface area contributed by atoms with Gasteiger partial charge in [-0.3, -0.25) is 5.32 Å². The van der Waals surface area contributed by atoms with Crippen molar-refractivity contribution in [2.45, 2.75) is 25.3 Å². The molecule has 0 bridgehead atoms. The average Bonchev–Trinajstić information content (AvgIpc) is 2.87. The first-order chi connectivity index (χ1) is 11.7. The Kier molecular flexibility index (Phi) is 5.82. The number of nitrogens with one attached hydrogen (secondary N) is 2. The number of aromatic nitrogens is 2. The fourth-order valence-corrected chi connectivity index (χ4v) is 8.47. The smallest absolute Gasteiger partial charge is 0.411 e. The molecule has 0 atom stereocenters. The van der Waals surface area contributed by atoms with Gasteiger partial charge in [0, 0.05) is 13.2 Å². The Labute approximate surface area is 146 Å². The number of sulfone groups is 1. The molecule has 1 heterocycles. The number of imidazole rings is 1. The third-order valence-electron chi connectivity index (χ3n) is 3.39. The number of aromatic amines is 1. The van der Waals surface area contributed by atoms with Crippen LogP contribution in [0.2, 0.25) is 6.55 Å². The largest absolute Gasteiger partial charge is 0.465 e. The van der Waals surface area contributed by atoms with Crippen LogP contribution in [0, 0.1) is 0 Å². The van der Waals surface area contributed by atoms with Gasteiger partial charge in [0.1, 0.15) is 0 Å². The summed E-state index contributed by atoms with van der Waals surface area (Å²) in [4.78, 5) is 17.5. The molecule has 3 N–H and O–H groups in total. The van der Waals surface area contributed by atoms with Crippen molar-refractivity contribution in [3.05, 3.63) is 18.2 Å². The van der Waals surface area contributed by atoms with Crippen LogP contribution in [0.4, 0.5) is 10.7 Å². The summed E-state index contributed by atoms with van der Waals surface area (Å²) in [5.41, 5.74) is 0.873. The zero-order chi connectivity index (χ0) is 18.7. The molecule has 0 saturated carbocycles. The highest BCUT2D eigenvalue weighted by atomic mass is 32.2. The number of hydrogen-bond donors (Lipinski definition) is 3. The highest BCUT2D eigenvalue weighted by Crippen LogP contribution is 2.22. The molecule has 2 rings (SSSR count). The first-order valence-corrected chi connectivity index (χ1v) is 11.9. The molecular weight excluding hydrogens is 366 g/mol. The highest BCUT2D eigenvalue weighted by molar-refractivity contribution is 7.93. The van der Waals surface area contributed by atoms with Crippen molar-refractivity contribution in [3.63, 3.8) is 0 Å². The topological polar surface area (TPSA) is 131 Å². The van der Waals surface area contributed by atoms with E-state index in [9.17, 15) is 13.2 Å². The maximum absolute atomic E-state index is 12.8. The Hall–Kier alpha value is -1.95. The molecule has 0 saturated heterocycles. The summed E-state index contributed by atoms with van der Waals surface area (Å²) in [5, 5.41) is 10.6. The van der Waals surface area contributed by atoms with Crippen LogP contribution in [-0.2, 0) is 18.7 Å². The van der Waals surface area contributed by atoms with Gasteiger partial charge in [-0.15, -0.1) is 0 Å². The van der Waals surface area contributed by atoms with Gasteiger partial charge >= 0.3 is 14.7 Å². The van der Waals surface area contributed by atoms with Crippen LogP contribution in [0.15, 0.2) is 23.1 Å². The number of carbonyl (C=O) groups is 1. The van der Waals surface area contributed by atoms with Crippen LogP contribution < -0.4 is 5.32 Å². The fourth-order valence-electron chi connectivity index (χ4n) is 2.50. The quantitative estimate of drug-likeness (QED) is 0.591. The van der Waals surface area contributed by atoms with Crippen molar-refractivity contribution < 1.29 is 27.2 Å². The minimum absolute atomic E-state index is 0.0277. The van der Waals surface area contributed by atoms with Crippen molar-refractivity contribution in [2.75, 3.05) is 23.9 Å². The molecule has 0 spiro atoms. The van der Waals surface area contributed by atoms with E-state index in [1.807, 2.05) is 0 Å². The van der Waals surface area contributed by atoms with Gasteiger partial charge in [0.15, 0.2) is 9.84 Å². The summed E-state index contributed by atoms with van der Waals surface area (Å²) >= 11 is 0. The molecule has 0 fully saturated rings. The molecular formula is C14H21N3O6SSi. The van der Waals surface area contributed by atoms with Crippen LogP contribution in [0.1, 0.15) is 13.8 Å². The summed E-state index contributed by atoms with van der Waals surface area (Å²) in [6.07, 6.45) is -1.26. The lowest BCUT2D eigenvalue weighted by molar-refractivity contribution is 0.194. The summed E-state index contributed by atoms with van der Waals surface area (Å²) in [6, 6.07) is 4.40. The number of rotatable bonds is 8.